The van der Waals surface area contributed by atoms with Crippen molar-refractivity contribution in [1.29, 1.82) is 0 Å². The molecule has 0 radical (unpaired) electrons. The maximum Gasteiger partial charge on any atom is 0.287 e. The fourth-order valence-corrected chi connectivity index (χ4v) is 2.13. The van der Waals surface area contributed by atoms with Gasteiger partial charge in [0, 0.05) is 5.56 Å². The van der Waals surface area contributed by atoms with Gasteiger partial charge in [-0.3, -0.25) is 4.79 Å². The van der Waals surface area contributed by atoms with Crippen molar-refractivity contribution in [3.8, 4) is 5.75 Å². The van der Waals surface area contributed by atoms with E-state index in [1.54, 1.807) is 19.1 Å². The van der Waals surface area contributed by atoms with Crippen LogP contribution in [0.2, 0.25) is 0 Å². The average molecular weight is 342 g/mol. The Balaban J connectivity index is 2.17. The molecule has 0 aliphatic rings. The van der Waals surface area contributed by atoms with E-state index in [1.165, 1.54) is 25.3 Å². The molecule has 0 bridgehead atoms. The molecule has 4 nitrogen and oxygen atoms in total. The molecule has 1 N–H and O–H groups in total. The van der Waals surface area contributed by atoms with E-state index in [9.17, 15) is 9.18 Å². The summed E-state index contributed by atoms with van der Waals surface area (Å²) in [4.78, 5) is 12.0. The monoisotopic (exact) mass is 341 g/mol. The SMILES string of the molecule is COc1ccc(F)cc1C(C)NC(=O)c1ccc(Br)o1. The summed E-state index contributed by atoms with van der Waals surface area (Å²) >= 11 is 3.13. The quantitative estimate of drug-likeness (QED) is 0.922. The lowest BCUT2D eigenvalue weighted by atomic mass is 10.1. The maximum absolute atomic E-state index is 13.3. The van der Waals surface area contributed by atoms with Crippen molar-refractivity contribution >= 4 is 21.8 Å². The molecule has 1 aromatic carbocycles. The highest BCUT2D eigenvalue weighted by Gasteiger charge is 2.17. The van der Waals surface area contributed by atoms with E-state index in [0.29, 0.717) is 16.0 Å². The molecule has 1 amide bonds. The summed E-state index contributed by atoms with van der Waals surface area (Å²) in [5.41, 5.74) is 0.562. The molecule has 0 aliphatic heterocycles. The third-order valence-electron chi connectivity index (χ3n) is 2.80. The summed E-state index contributed by atoms with van der Waals surface area (Å²) in [6.07, 6.45) is 0. The molecule has 1 unspecified atom stereocenters. The molecule has 0 saturated carbocycles. The molecular weight excluding hydrogens is 329 g/mol. The van der Waals surface area contributed by atoms with Crippen LogP contribution in [0.4, 0.5) is 4.39 Å². The molecule has 106 valence electrons. The van der Waals surface area contributed by atoms with Gasteiger partial charge in [-0.1, -0.05) is 0 Å². The molecule has 0 spiro atoms. The van der Waals surface area contributed by atoms with E-state index < -0.39 is 6.04 Å². The fourth-order valence-electron chi connectivity index (χ4n) is 1.83. The molecular formula is C14H13BrFNO3. The van der Waals surface area contributed by atoms with Crippen LogP contribution in [0.1, 0.15) is 29.1 Å². The van der Waals surface area contributed by atoms with Crippen molar-refractivity contribution in [3.05, 3.63) is 52.1 Å². The Hall–Kier alpha value is -1.82. The molecule has 0 aliphatic carbocycles. The standard InChI is InChI=1S/C14H13BrFNO3/c1-8(10-7-9(16)3-4-11(10)19-2)17-14(18)12-5-6-13(15)20-12/h3-8H,1-2H3,(H,17,18). The third kappa shape index (κ3) is 3.19. The number of carbonyl (C=O) groups is 1. The van der Waals surface area contributed by atoms with Crippen LogP contribution in [-0.4, -0.2) is 13.0 Å². The number of hydrogen-bond acceptors (Lipinski definition) is 3. The van der Waals surface area contributed by atoms with E-state index >= 15 is 0 Å². The van der Waals surface area contributed by atoms with E-state index in [1.807, 2.05) is 0 Å². The first-order valence-corrected chi connectivity index (χ1v) is 6.70. The predicted octanol–water partition coefficient (Wildman–Crippen LogP) is 3.68. The Kier molecular flexibility index (Phi) is 4.44. The summed E-state index contributed by atoms with van der Waals surface area (Å²) in [7, 11) is 1.49. The number of rotatable bonds is 4. The van der Waals surface area contributed by atoms with Crippen molar-refractivity contribution in [2.24, 2.45) is 0 Å². The van der Waals surface area contributed by atoms with Gasteiger partial charge in [0.2, 0.25) is 0 Å². The van der Waals surface area contributed by atoms with Gasteiger partial charge in [-0.05, 0) is 53.2 Å². The summed E-state index contributed by atoms with van der Waals surface area (Å²) in [5.74, 6) is -0.0731. The Morgan fingerprint density at radius 2 is 2.15 bits per heavy atom. The Labute approximate surface area is 124 Å². The highest BCUT2D eigenvalue weighted by molar-refractivity contribution is 9.10. The number of amides is 1. The molecule has 1 heterocycles. The molecule has 1 atom stereocenters. The van der Waals surface area contributed by atoms with Crippen LogP contribution in [0, 0.1) is 5.82 Å². The molecule has 1 aromatic heterocycles. The zero-order chi connectivity index (χ0) is 14.7. The number of benzene rings is 1. The first kappa shape index (κ1) is 14.6. The fraction of sp³-hybridized carbons (Fsp3) is 0.214. The van der Waals surface area contributed by atoms with Gasteiger partial charge in [0.05, 0.1) is 13.2 Å². The summed E-state index contributed by atoms with van der Waals surface area (Å²) in [6.45, 7) is 1.74. The van der Waals surface area contributed by atoms with E-state index in [-0.39, 0.29) is 17.5 Å². The van der Waals surface area contributed by atoms with Crippen molar-refractivity contribution in [3.63, 3.8) is 0 Å². The van der Waals surface area contributed by atoms with Gasteiger partial charge in [-0.15, -0.1) is 0 Å². The van der Waals surface area contributed by atoms with Crippen molar-refractivity contribution in [2.45, 2.75) is 13.0 Å². The number of furan rings is 1. The number of ether oxygens (including phenoxy) is 1. The van der Waals surface area contributed by atoms with Gasteiger partial charge in [0.1, 0.15) is 11.6 Å². The molecule has 6 heteroatoms. The lowest BCUT2D eigenvalue weighted by molar-refractivity contribution is 0.0910. The van der Waals surface area contributed by atoms with Gasteiger partial charge < -0.3 is 14.5 Å². The number of nitrogens with one attached hydrogen (secondary N) is 1. The Bertz CT molecular complexity index is 627. The lowest BCUT2D eigenvalue weighted by Gasteiger charge is -2.16. The van der Waals surface area contributed by atoms with Crippen molar-refractivity contribution in [1.82, 2.24) is 5.32 Å². The minimum atomic E-state index is -0.419. The van der Waals surface area contributed by atoms with Crippen LogP contribution in [-0.2, 0) is 0 Å². The second-order valence-corrected chi connectivity index (χ2v) is 4.97. The number of hydrogen-bond donors (Lipinski definition) is 1. The first-order chi connectivity index (χ1) is 9.51. The normalized spacial score (nSPS) is 12.0. The van der Waals surface area contributed by atoms with Gasteiger partial charge in [0.25, 0.3) is 5.91 Å². The zero-order valence-corrected chi connectivity index (χ0v) is 12.5. The molecule has 0 saturated heterocycles. The van der Waals surface area contributed by atoms with Crippen LogP contribution < -0.4 is 10.1 Å². The third-order valence-corrected chi connectivity index (χ3v) is 3.23. The largest absolute Gasteiger partial charge is 0.496 e. The molecule has 2 rings (SSSR count). The minimum absolute atomic E-state index is 0.180. The van der Waals surface area contributed by atoms with E-state index in [2.05, 4.69) is 21.2 Å². The second kappa shape index (κ2) is 6.09. The second-order valence-electron chi connectivity index (χ2n) is 4.19. The Morgan fingerprint density at radius 3 is 2.75 bits per heavy atom. The number of carbonyl (C=O) groups excluding carboxylic acids is 1. The number of halogens is 2. The molecule has 20 heavy (non-hydrogen) atoms. The van der Waals surface area contributed by atoms with E-state index in [0.717, 1.165) is 0 Å². The average Bonchev–Trinajstić information content (AvgIpc) is 2.85. The topological polar surface area (TPSA) is 51.5 Å². The number of methoxy groups -OCH3 is 1. The highest BCUT2D eigenvalue weighted by atomic mass is 79.9. The maximum atomic E-state index is 13.3. The van der Waals surface area contributed by atoms with Crippen LogP contribution in [0.25, 0.3) is 0 Å². The Morgan fingerprint density at radius 1 is 1.40 bits per heavy atom. The molecule has 0 fully saturated rings. The van der Waals surface area contributed by atoms with Crippen LogP contribution in [0.3, 0.4) is 0 Å². The highest BCUT2D eigenvalue weighted by Crippen LogP contribution is 2.26. The summed E-state index contributed by atoms with van der Waals surface area (Å²) in [5, 5.41) is 2.73. The van der Waals surface area contributed by atoms with E-state index in [4.69, 9.17) is 9.15 Å². The zero-order valence-electron chi connectivity index (χ0n) is 10.9. The minimum Gasteiger partial charge on any atom is -0.496 e. The van der Waals surface area contributed by atoms with Crippen LogP contribution in [0.15, 0.2) is 39.4 Å². The summed E-state index contributed by atoms with van der Waals surface area (Å²) < 4.78 is 24.1. The van der Waals surface area contributed by atoms with Crippen LogP contribution >= 0.6 is 15.9 Å². The van der Waals surface area contributed by atoms with Crippen molar-refractivity contribution in [2.75, 3.05) is 7.11 Å². The predicted molar refractivity (Wildman–Crippen MR) is 75.2 cm³/mol. The smallest absolute Gasteiger partial charge is 0.287 e. The van der Waals surface area contributed by atoms with Crippen molar-refractivity contribution < 1.29 is 18.3 Å². The lowest BCUT2D eigenvalue weighted by Crippen LogP contribution is -2.26. The van der Waals surface area contributed by atoms with Gasteiger partial charge in [-0.25, -0.2) is 4.39 Å². The molecule has 2 aromatic rings. The van der Waals surface area contributed by atoms with Crippen LogP contribution in [0.5, 0.6) is 5.75 Å². The van der Waals surface area contributed by atoms with Gasteiger partial charge in [0.15, 0.2) is 10.4 Å². The summed E-state index contributed by atoms with van der Waals surface area (Å²) in [6, 6.07) is 6.92. The first-order valence-electron chi connectivity index (χ1n) is 5.91. The van der Waals surface area contributed by atoms with Gasteiger partial charge in [-0.2, -0.15) is 0 Å². The van der Waals surface area contributed by atoms with Gasteiger partial charge >= 0.3 is 0 Å².